The van der Waals surface area contributed by atoms with Crippen molar-refractivity contribution in [2.45, 2.75) is 32.4 Å². The summed E-state index contributed by atoms with van der Waals surface area (Å²) in [6.07, 6.45) is 0.962. The Morgan fingerprint density at radius 1 is 0.729 bits per heavy atom. The fraction of sp³-hybridized carbons (Fsp3) is 0.150. The van der Waals surface area contributed by atoms with Crippen molar-refractivity contribution in [2.24, 2.45) is 0 Å². The number of carbonyl (C=O) groups excluding carboxylic acids is 1. The van der Waals surface area contributed by atoms with E-state index in [0.29, 0.717) is 6.61 Å². The highest BCUT2D eigenvalue weighted by Gasteiger charge is 2.50. The number of rotatable bonds is 9. The Bertz CT molecular complexity index is 2140. The van der Waals surface area contributed by atoms with Crippen LogP contribution in [0.5, 0.6) is 0 Å². The van der Waals surface area contributed by atoms with E-state index in [2.05, 4.69) is 93.6 Å². The van der Waals surface area contributed by atoms with Gasteiger partial charge >= 0.3 is 0 Å². The van der Waals surface area contributed by atoms with Crippen molar-refractivity contribution in [3.8, 4) is 22.4 Å². The summed E-state index contributed by atoms with van der Waals surface area (Å²) in [6, 6.07) is 46.5. The molecule has 1 amide bonds. The predicted octanol–water partition coefficient (Wildman–Crippen LogP) is 7.33. The van der Waals surface area contributed by atoms with Crippen LogP contribution < -0.4 is 15.1 Å². The number of nitrogens with zero attached hydrogens (tertiary/aromatic N) is 1. The van der Waals surface area contributed by atoms with Crippen LogP contribution in [-0.2, 0) is 21.1 Å². The molecule has 6 aromatic rings. The number of hydrogen-bond acceptors (Lipinski definition) is 5. The van der Waals surface area contributed by atoms with E-state index in [1.807, 2.05) is 59.3 Å². The number of para-hydroxylation sites is 1. The minimum atomic E-state index is -3.69. The van der Waals surface area contributed by atoms with Crippen LogP contribution in [0.25, 0.3) is 33.3 Å². The van der Waals surface area contributed by atoms with Crippen LogP contribution in [0, 0.1) is 0 Å². The van der Waals surface area contributed by atoms with Gasteiger partial charge in [0, 0.05) is 16.5 Å². The molecule has 6 rings (SSSR count). The Morgan fingerprint density at radius 2 is 1.31 bits per heavy atom. The Hall–Kier alpha value is -4.89. The van der Waals surface area contributed by atoms with E-state index in [1.54, 1.807) is 12.1 Å². The van der Waals surface area contributed by atoms with Gasteiger partial charge in [-0.1, -0.05) is 130 Å². The number of aromatic nitrogens is 1. The summed E-state index contributed by atoms with van der Waals surface area (Å²) in [6.45, 7) is 7.13. The third kappa shape index (κ3) is 6.87. The zero-order valence-electron chi connectivity index (χ0n) is 27.5. The van der Waals surface area contributed by atoms with Gasteiger partial charge in [-0.25, -0.2) is 18.1 Å². The first-order chi connectivity index (χ1) is 22.9. The molecular weight excluding hydrogens is 633 g/mol. The first-order valence-electron chi connectivity index (χ1n) is 15.8. The molecule has 242 valence electrons. The number of benzene rings is 5. The van der Waals surface area contributed by atoms with E-state index >= 15 is 0 Å². The average molecular weight is 671 g/mol. The highest BCUT2D eigenvalue weighted by Crippen LogP contribution is 2.38. The fourth-order valence-electron chi connectivity index (χ4n) is 6.33. The number of nitrogens with one attached hydrogen (secondary N) is 1. The first-order valence-corrected chi connectivity index (χ1v) is 19.6. The molecule has 0 aliphatic rings. The molecule has 1 aromatic heterocycles. The quantitative estimate of drug-likeness (QED) is 0.163. The highest BCUT2D eigenvalue weighted by molar-refractivity contribution is 7.89. The van der Waals surface area contributed by atoms with Gasteiger partial charge in [-0.3, -0.25) is 4.79 Å². The number of hydrogen-bond donors (Lipinski definition) is 1. The Morgan fingerprint density at radius 3 is 1.92 bits per heavy atom. The van der Waals surface area contributed by atoms with Crippen LogP contribution in [0.2, 0.25) is 5.04 Å². The topological polar surface area (TPSA) is 85.4 Å². The summed E-state index contributed by atoms with van der Waals surface area (Å²) >= 11 is 0. The fourth-order valence-corrected chi connectivity index (χ4v) is 11.3. The van der Waals surface area contributed by atoms with E-state index in [0.717, 1.165) is 45.1 Å². The molecule has 0 atom stereocenters. The molecule has 5 aromatic carbocycles. The molecule has 1 N–H and O–H groups in total. The lowest BCUT2D eigenvalue weighted by Crippen LogP contribution is -2.66. The highest BCUT2D eigenvalue weighted by atomic mass is 32.2. The van der Waals surface area contributed by atoms with Gasteiger partial charge in [0.25, 0.3) is 14.2 Å². The molecule has 0 aliphatic carbocycles. The first kappa shape index (κ1) is 33.0. The molecule has 0 fully saturated rings. The number of carbonyl (C=O) groups is 1. The normalized spacial score (nSPS) is 12.2. The molecule has 1 heterocycles. The molecule has 8 heteroatoms. The number of fused-ring (bicyclic) bond motifs is 1. The summed E-state index contributed by atoms with van der Waals surface area (Å²) < 4.78 is 32.7. The maximum absolute atomic E-state index is 12.6. The van der Waals surface area contributed by atoms with Crippen LogP contribution >= 0.6 is 0 Å². The summed E-state index contributed by atoms with van der Waals surface area (Å²) in [5.41, 5.74) is 5.76. The van der Waals surface area contributed by atoms with Gasteiger partial charge in [0.05, 0.1) is 24.1 Å². The lowest BCUT2D eigenvalue weighted by Gasteiger charge is -2.43. The zero-order valence-corrected chi connectivity index (χ0v) is 29.3. The van der Waals surface area contributed by atoms with Crippen molar-refractivity contribution in [1.29, 1.82) is 0 Å². The van der Waals surface area contributed by atoms with E-state index in [9.17, 15) is 13.2 Å². The molecule has 0 saturated carbocycles. The summed E-state index contributed by atoms with van der Waals surface area (Å²) in [5.74, 6) is -0.673. The molecular formula is C40H38N2O4SSi. The van der Waals surface area contributed by atoms with Crippen LogP contribution in [-0.4, -0.2) is 33.9 Å². The summed E-state index contributed by atoms with van der Waals surface area (Å²) in [4.78, 5) is 17.5. The largest absolute Gasteiger partial charge is 0.403 e. The lowest BCUT2D eigenvalue weighted by molar-refractivity contribution is 0.0981. The molecule has 48 heavy (non-hydrogen) atoms. The summed E-state index contributed by atoms with van der Waals surface area (Å²) in [5, 5.41) is 3.27. The van der Waals surface area contributed by atoms with Crippen molar-refractivity contribution in [1.82, 2.24) is 9.71 Å². The van der Waals surface area contributed by atoms with Gasteiger partial charge in [-0.05, 0) is 62.4 Å². The van der Waals surface area contributed by atoms with Crippen LogP contribution in [0.3, 0.4) is 0 Å². The van der Waals surface area contributed by atoms with Crippen LogP contribution in [0.15, 0.2) is 140 Å². The van der Waals surface area contributed by atoms with Crippen molar-refractivity contribution in [3.63, 3.8) is 0 Å². The summed E-state index contributed by atoms with van der Waals surface area (Å²) in [7, 11) is -6.52. The molecule has 0 saturated heterocycles. The van der Waals surface area contributed by atoms with Crippen LogP contribution in [0.4, 0.5) is 0 Å². The minimum absolute atomic E-state index is 0.195. The SMILES string of the molecule is CC(C)(C)[Si](OCc1ccc(-c2ccc3ccccc3n2)cc1-c1ccc(C(=O)NS(C)(=O)=O)cc1)(c1ccccc1)c1ccccc1. The van der Waals surface area contributed by atoms with Gasteiger partial charge in [0.15, 0.2) is 0 Å². The molecule has 0 spiro atoms. The van der Waals surface area contributed by atoms with Gasteiger partial charge in [0.2, 0.25) is 10.0 Å². The second-order valence-electron chi connectivity index (χ2n) is 13.0. The maximum Gasteiger partial charge on any atom is 0.264 e. The monoisotopic (exact) mass is 670 g/mol. The lowest BCUT2D eigenvalue weighted by atomic mass is 9.95. The Labute approximate surface area is 283 Å². The molecule has 6 nitrogen and oxygen atoms in total. The van der Waals surface area contributed by atoms with Crippen LogP contribution in [0.1, 0.15) is 36.7 Å². The molecule has 0 aliphatic heterocycles. The predicted molar refractivity (Wildman–Crippen MR) is 197 cm³/mol. The Kier molecular flexibility index (Phi) is 9.16. The second kappa shape index (κ2) is 13.3. The Balaban J connectivity index is 1.46. The number of amides is 1. The minimum Gasteiger partial charge on any atom is -0.403 e. The van der Waals surface area contributed by atoms with Crippen molar-refractivity contribution in [2.75, 3.05) is 6.26 Å². The van der Waals surface area contributed by atoms with Crippen molar-refractivity contribution in [3.05, 3.63) is 151 Å². The molecule has 0 bridgehead atoms. The van der Waals surface area contributed by atoms with E-state index in [-0.39, 0.29) is 10.6 Å². The van der Waals surface area contributed by atoms with Gasteiger partial charge in [-0.15, -0.1) is 0 Å². The maximum atomic E-state index is 12.6. The van der Waals surface area contributed by atoms with Crippen molar-refractivity contribution < 1.29 is 17.6 Å². The standard InChI is InChI=1S/C40H38N2O4SSi/c1-40(2,3)48(34-14-7-5-8-15-34,35-16-9-6-10-17-35)46-28-33-24-23-32(38-26-25-30-13-11-12-18-37(30)41-38)27-36(33)29-19-21-31(22-20-29)39(43)42-47(4,44)45/h5-27H,28H2,1-4H3,(H,42,43). The molecule has 0 radical (unpaired) electrons. The third-order valence-electron chi connectivity index (χ3n) is 8.60. The second-order valence-corrected chi connectivity index (χ2v) is 19.0. The number of pyridine rings is 1. The van der Waals surface area contributed by atoms with Gasteiger partial charge in [0.1, 0.15) is 0 Å². The zero-order chi connectivity index (χ0) is 33.9. The molecule has 0 unspecified atom stereocenters. The number of sulfonamides is 1. The average Bonchev–Trinajstić information content (AvgIpc) is 3.08. The smallest absolute Gasteiger partial charge is 0.264 e. The van der Waals surface area contributed by atoms with E-state index in [1.165, 1.54) is 10.4 Å². The van der Waals surface area contributed by atoms with E-state index < -0.39 is 24.2 Å². The van der Waals surface area contributed by atoms with E-state index in [4.69, 9.17) is 9.41 Å². The van der Waals surface area contributed by atoms with Gasteiger partial charge in [-0.2, -0.15) is 0 Å². The van der Waals surface area contributed by atoms with Crippen molar-refractivity contribution >= 4 is 45.5 Å². The third-order valence-corrected chi connectivity index (χ3v) is 14.1. The van der Waals surface area contributed by atoms with Gasteiger partial charge < -0.3 is 4.43 Å².